The Bertz CT molecular complexity index is 1270. The summed E-state index contributed by atoms with van der Waals surface area (Å²) in [6.45, 7) is 4.49. The van der Waals surface area contributed by atoms with Crippen molar-refractivity contribution < 1.29 is 14.3 Å². The van der Waals surface area contributed by atoms with Gasteiger partial charge in [0.25, 0.3) is 0 Å². The van der Waals surface area contributed by atoms with E-state index in [1.54, 1.807) is 19.1 Å². The van der Waals surface area contributed by atoms with E-state index in [4.69, 9.17) is 16.3 Å². The van der Waals surface area contributed by atoms with E-state index >= 15 is 0 Å². The van der Waals surface area contributed by atoms with Gasteiger partial charge in [0.15, 0.2) is 0 Å². The number of nitrogens with one attached hydrogen (secondary N) is 1. The molecule has 164 valence electrons. The normalized spacial score (nSPS) is 11.0. The van der Waals surface area contributed by atoms with E-state index in [0.29, 0.717) is 22.1 Å². The van der Waals surface area contributed by atoms with Gasteiger partial charge in [-0.15, -0.1) is 11.3 Å². The van der Waals surface area contributed by atoms with Crippen LogP contribution in [0.1, 0.15) is 28.6 Å². The van der Waals surface area contributed by atoms with Crippen molar-refractivity contribution in [3.63, 3.8) is 0 Å². The molecule has 0 unspecified atom stereocenters. The second-order valence-electron chi connectivity index (χ2n) is 7.33. The van der Waals surface area contributed by atoms with Gasteiger partial charge in [0, 0.05) is 40.1 Å². The summed E-state index contributed by atoms with van der Waals surface area (Å²) in [5, 5.41) is 5.20. The van der Waals surface area contributed by atoms with Crippen molar-refractivity contribution in [3.8, 4) is 11.1 Å². The van der Waals surface area contributed by atoms with Crippen LogP contribution in [0.15, 0.2) is 60.8 Å². The number of para-hydroxylation sites is 1. The molecule has 4 rings (SSSR count). The maximum Gasteiger partial charge on any atom is 0.341 e. The van der Waals surface area contributed by atoms with E-state index < -0.39 is 5.97 Å². The Morgan fingerprint density at radius 1 is 1.09 bits per heavy atom. The summed E-state index contributed by atoms with van der Waals surface area (Å²) in [5.74, 6) is -0.606. The highest BCUT2D eigenvalue weighted by Gasteiger charge is 2.25. The number of anilines is 1. The molecular formula is C25H23ClN2O3S. The van der Waals surface area contributed by atoms with Gasteiger partial charge in [-0.2, -0.15) is 0 Å². The van der Waals surface area contributed by atoms with Crippen LogP contribution in [0.25, 0.3) is 22.0 Å². The number of esters is 1. The van der Waals surface area contributed by atoms with E-state index in [0.717, 1.165) is 26.9 Å². The van der Waals surface area contributed by atoms with Crippen molar-refractivity contribution in [2.75, 3.05) is 11.9 Å². The van der Waals surface area contributed by atoms with E-state index in [2.05, 4.69) is 9.88 Å². The fourth-order valence-corrected chi connectivity index (χ4v) is 4.95. The first-order valence-corrected chi connectivity index (χ1v) is 11.6. The highest BCUT2D eigenvalue weighted by atomic mass is 35.5. The number of benzene rings is 2. The van der Waals surface area contributed by atoms with Gasteiger partial charge in [0.05, 0.1) is 6.61 Å². The first-order valence-electron chi connectivity index (χ1n) is 10.4. The number of nitrogens with zero attached hydrogens (tertiary/aromatic N) is 1. The molecule has 0 spiro atoms. The summed E-state index contributed by atoms with van der Waals surface area (Å²) in [4.78, 5) is 26.5. The number of ether oxygens (including phenoxy) is 1. The maximum absolute atomic E-state index is 12.8. The highest BCUT2D eigenvalue weighted by Crippen LogP contribution is 2.40. The number of thiophene rings is 1. The Labute approximate surface area is 195 Å². The summed E-state index contributed by atoms with van der Waals surface area (Å²) in [6.07, 6.45) is 2.27. The average molecular weight is 467 g/mol. The van der Waals surface area contributed by atoms with Gasteiger partial charge in [-0.3, -0.25) is 4.79 Å². The third kappa shape index (κ3) is 4.56. The molecule has 2 aromatic heterocycles. The van der Waals surface area contributed by atoms with E-state index in [9.17, 15) is 9.59 Å². The fourth-order valence-electron chi connectivity index (χ4n) is 3.74. The van der Waals surface area contributed by atoms with Crippen LogP contribution in [0.4, 0.5) is 5.00 Å². The first-order chi connectivity index (χ1) is 15.5. The number of carbonyl (C=O) groups excluding carboxylic acids is 2. The predicted molar refractivity (Wildman–Crippen MR) is 131 cm³/mol. The molecule has 0 bridgehead atoms. The number of rotatable bonds is 7. The first kappa shape index (κ1) is 22.1. The Morgan fingerprint density at radius 2 is 1.84 bits per heavy atom. The molecule has 1 amide bonds. The van der Waals surface area contributed by atoms with Gasteiger partial charge in [0.2, 0.25) is 5.91 Å². The third-order valence-corrected chi connectivity index (χ3v) is 6.48. The minimum absolute atomic E-state index is 0.155. The molecule has 0 radical (unpaired) electrons. The Balaban J connectivity index is 1.58. The van der Waals surface area contributed by atoms with Crippen LogP contribution >= 0.6 is 22.9 Å². The van der Waals surface area contributed by atoms with Gasteiger partial charge in [-0.05, 0) is 49.1 Å². The van der Waals surface area contributed by atoms with Crippen molar-refractivity contribution in [1.82, 2.24) is 4.57 Å². The molecule has 0 saturated heterocycles. The zero-order valence-corrected chi connectivity index (χ0v) is 19.4. The number of aryl methyl sites for hydroxylation is 2. The molecule has 32 heavy (non-hydrogen) atoms. The summed E-state index contributed by atoms with van der Waals surface area (Å²) in [6, 6.07) is 17.4. The van der Waals surface area contributed by atoms with Gasteiger partial charge < -0.3 is 14.6 Å². The van der Waals surface area contributed by atoms with Crippen LogP contribution in [0.5, 0.6) is 0 Å². The standard InChI is InChI=1S/C25H23ClN2O3S/c1-3-31-25(30)23-22(18-8-10-19(26)11-9-18)16(2)32-24(23)27-21(29)13-15-28-14-12-17-6-4-5-7-20(17)28/h4-12,14H,3,13,15H2,1-2H3,(H,27,29). The minimum atomic E-state index is -0.450. The number of halogens is 1. The van der Waals surface area contributed by atoms with Crippen molar-refractivity contribution >= 4 is 50.7 Å². The molecule has 7 heteroatoms. The second-order valence-corrected chi connectivity index (χ2v) is 8.99. The number of hydrogen-bond acceptors (Lipinski definition) is 4. The van der Waals surface area contributed by atoms with Crippen LogP contribution in [-0.2, 0) is 16.1 Å². The topological polar surface area (TPSA) is 60.3 Å². The maximum atomic E-state index is 12.8. The minimum Gasteiger partial charge on any atom is -0.462 e. The SMILES string of the molecule is CCOC(=O)c1c(NC(=O)CCn2ccc3ccccc32)sc(C)c1-c1ccc(Cl)cc1. The largest absolute Gasteiger partial charge is 0.462 e. The molecule has 0 atom stereocenters. The Kier molecular flexibility index (Phi) is 6.63. The molecule has 4 aromatic rings. The van der Waals surface area contributed by atoms with Crippen molar-refractivity contribution in [3.05, 3.63) is 76.3 Å². The van der Waals surface area contributed by atoms with E-state index in [1.165, 1.54) is 11.3 Å². The summed E-state index contributed by atoms with van der Waals surface area (Å²) in [5.41, 5.74) is 3.09. The lowest BCUT2D eigenvalue weighted by Gasteiger charge is -2.10. The summed E-state index contributed by atoms with van der Waals surface area (Å²) in [7, 11) is 0. The van der Waals surface area contributed by atoms with Gasteiger partial charge in [-0.25, -0.2) is 4.79 Å². The summed E-state index contributed by atoms with van der Waals surface area (Å²) < 4.78 is 7.36. The van der Waals surface area contributed by atoms with Crippen LogP contribution < -0.4 is 5.32 Å². The van der Waals surface area contributed by atoms with Gasteiger partial charge in [0.1, 0.15) is 10.6 Å². The fraction of sp³-hybridized carbons (Fsp3) is 0.200. The van der Waals surface area contributed by atoms with E-state index in [-0.39, 0.29) is 18.9 Å². The lowest BCUT2D eigenvalue weighted by atomic mass is 10.0. The molecule has 2 heterocycles. The molecular weight excluding hydrogens is 444 g/mol. The van der Waals surface area contributed by atoms with Crippen molar-refractivity contribution in [2.24, 2.45) is 0 Å². The quantitative estimate of drug-likeness (QED) is 0.315. The molecule has 0 aliphatic heterocycles. The molecule has 0 fully saturated rings. The second kappa shape index (κ2) is 9.59. The van der Waals surface area contributed by atoms with Crippen LogP contribution in [-0.4, -0.2) is 23.1 Å². The number of carbonyl (C=O) groups is 2. The average Bonchev–Trinajstić information content (AvgIpc) is 3.33. The Morgan fingerprint density at radius 3 is 2.59 bits per heavy atom. The smallest absolute Gasteiger partial charge is 0.341 e. The zero-order chi connectivity index (χ0) is 22.7. The van der Waals surface area contributed by atoms with Gasteiger partial charge in [-0.1, -0.05) is 41.9 Å². The van der Waals surface area contributed by atoms with Crippen LogP contribution in [0.2, 0.25) is 5.02 Å². The summed E-state index contributed by atoms with van der Waals surface area (Å²) >= 11 is 7.41. The number of hydrogen-bond donors (Lipinski definition) is 1. The third-order valence-electron chi connectivity index (χ3n) is 5.21. The molecule has 0 saturated carbocycles. The van der Waals surface area contributed by atoms with Crippen LogP contribution in [0.3, 0.4) is 0 Å². The molecule has 0 aliphatic carbocycles. The molecule has 0 aliphatic rings. The molecule has 2 aromatic carbocycles. The van der Waals surface area contributed by atoms with E-state index in [1.807, 2.05) is 55.6 Å². The molecule has 5 nitrogen and oxygen atoms in total. The highest BCUT2D eigenvalue weighted by molar-refractivity contribution is 7.17. The Hall–Kier alpha value is -3.09. The van der Waals surface area contributed by atoms with Crippen molar-refractivity contribution in [2.45, 2.75) is 26.8 Å². The predicted octanol–water partition coefficient (Wildman–Crippen LogP) is 6.54. The lowest BCUT2D eigenvalue weighted by Crippen LogP contribution is -2.16. The molecule has 1 N–H and O–H groups in total. The van der Waals surface area contributed by atoms with Gasteiger partial charge >= 0.3 is 5.97 Å². The van der Waals surface area contributed by atoms with Crippen LogP contribution in [0, 0.1) is 6.92 Å². The number of aromatic nitrogens is 1. The lowest BCUT2D eigenvalue weighted by molar-refractivity contribution is -0.116. The zero-order valence-electron chi connectivity index (χ0n) is 17.9. The van der Waals surface area contributed by atoms with Crippen molar-refractivity contribution in [1.29, 1.82) is 0 Å². The monoisotopic (exact) mass is 466 g/mol. The number of amides is 1. The number of fused-ring (bicyclic) bond motifs is 1.